The van der Waals surface area contributed by atoms with Crippen molar-refractivity contribution in [1.29, 1.82) is 0 Å². The van der Waals surface area contributed by atoms with Gasteiger partial charge in [0.2, 0.25) is 0 Å². The van der Waals surface area contributed by atoms with Gasteiger partial charge in [-0.3, -0.25) is 0 Å². The normalized spacial score (nSPS) is 23.7. The quantitative estimate of drug-likeness (QED) is 0.135. The summed E-state index contributed by atoms with van der Waals surface area (Å²) in [5, 5.41) is 0. The Morgan fingerprint density at radius 2 is 1.40 bits per heavy atom. The van der Waals surface area contributed by atoms with Gasteiger partial charge in [0.05, 0.1) is 17.7 Å². The number of hydroxylamine groups is 1. The fraction of sp³-hybridized carbons (Fsp3) is 0.529. The molecule has 2 aromatic rings. The number of hydrogen-bond donors (Lipinski definition) is 3. The summed E-state index contributed by atoms with van der Waals surface area (Å²) in [6.07, 6.45) is 20.2. The summed E-state index contributed by atoms with van der Waals surface area (Å²) >= 11 is 4.62. The molecule has 0 aliphatic heterocycles. The highest BCUT2D eigenvalue weighted by atomic mass is 32.1. The Bertz CT molecular complexity index is 1040. The highest BCUT2D eigenvalue weighted by Gasteiger charge is 2.25. The van der Waals surface area contributed by atoms with Gasteiger partial charge >= 0.3 is 0 Å². The van der Waals surface area contributed by atoms with Crippen LogP contribution in [-0.4, -0.2) is 13.2 Å². The first kappa shape index (κ1) is 32.1. The van der Waals surface area contributed by atoms with E-state index in [0.29, 0.717) is 28.2 Å². The van der Waals surface area contributed by atoms with Gasteiger partial charge in [-0.05, 0) is 98.4 Å². The van der Waals surface area contributed by atoms with Crippen molar-refractivity contribution in [1.82, 2.24) is 5.48 Å². The van der Waals surface area contributed by atoms with E-state index in [1.807, 2.05) is 32.0 Å². The van der Waals surface area contributed by atoms with Gasteiger partial charge in [-0.1, -0.05) is 81.1 Å². The van der Waals surface area contributed by atoms with Crippen LogP contribution in [0.25, 0.3) is 0 Å². The van der Waals surface area contributed by atoms with Crippen LogP contribution in [0.5, 0.6) is 11.5 Å². The second-order valence-electron chi connectivity index (χ2n) is 10.9. The summed E-state index contributed by atoms with van der Waals surface area (Å²) in [5.41, 5.74) is 12.8. The summed E-state index contributed by atoms with van der Waals surface area (Å²) in [6, 6.07) is 12.7. The van der Waals surface area contributed by atoms with Gasteiger partial charge in [-0.2, -0.15) is 5.48 Å². The predicted octanol–water partition coefficient (Wildman–Crippen LogP) is 9.32. The maximum atomic E-state index is 6.41. The van der Waals surface area contributed by atoms with Crippen LogP contribution in [0.4, 0.5) is 5.69 Å². The number of ether oxygens (including phenoxy) is 1. The molecule has 5 nitrogen and oxygen atoms in total. The van der Waals surface area contributed by atoms with E-state index < -0.39 is 0 Å². The Morgan fingerprint density at radius 1 is 0.800 bits per heavy atom. The average Bonchev–Trinajstić information content (AvgIpc) is 3.02. The molecule has 3 aliphatic carbocycles. The average molecular weight is 567 g/mol. The minimum atomic E-state index is 0.272. The Kier molecular flexibility index (Phi) is 14.0. The second kappa shape index (κ2) is 17.4. The van der Waals surface area contributed by atoms with E-state index in [1.54, 1.807) is 7.11 Å². The molecule has 40 heavy (non-hydrogen) atoms. The predicted molar refractivity (Wildman–Crippen MR) is 170 cm³/mol. The minimum Gasteiger partial charge on any atom is -0.497 e. The third-order valence-electron chi connectivity index (χ3n) is 8.21. The number of nitrogens with one attached hydrogen (secondary N) is 1. The number of anilines is 1. The molecule has 0 amide bonds. The lowest BCUT2D eigenvalue weighted by Gasteiger charge is -2.29. The standard InChI is InChI=1S/C26H36N2O3S.C6H8.C2H6/c1-17-3-5-20(6-4-17)23-15-16-24(26(32)25(23)27)30-31-28-21-11-7-18(8-12-21)19-9-13-22(29-2)14-10-19;1-2-4-6-5-3-1;1-2/h9-10,13-18,20-21,28,32H,3-8,11-12,27H2,1-2H3;1-4H,5-6H2;1-2H3. The number of nitrogen functional groups attached to an aromatic ring is 1. The summed E-state index contributed by atoms with van der Waals surface area (Å²) in [4.78, 5) is 11.6. The molecule has 2 fully saturated rings. The minimum absolute atomic E-state index is 0.272. The number of thiol groups is 1. The lowest BCUT2D eigenvalue weighted by Crippen LogP contribution is -2.33. The molecule has 220 valence electrons. The number of hydrogen-bond acceptors (Lipinski definition) is 6. The highest BCUT2D eigenvalue weighted by molar-refractivity contribution is 7.80. The Morgan fingerprint density at radius 3 is 1.95 bits per heavy atom. The van der Waals surface area contributed by atoms with Crippen LogP contribution in [0, 0.1) is 5.92 Å². The van der Waals surface area contributed by atoms with Crippen molar-refractivity contribution < 1.29 is 14.6 Å². The van der Waals surface area contributed by atoms with Gasteiger partial charge in [0.15, 0.2) is 5.75 Å². The van der Waals surface area contributed by atoms with E-state index >= 15 is 0 Å². The van der Waals surface area contributed by atoms with E-state index in [2.05, 4.69) is 67.5 Å². The summed E-state index contributed by atoms with van der Waals surface area (Å²) in [6.45, 7) is 6.33. The van der Waals surface area contributed by atoms with Gasteiger partial charge in [0.25, 0.3) is 0 Å². The molecule has 0 bridgehead atoms. The molecule has 0 radical (unpaired) electrons. The number of allylic oxidation sites excluding steroid dienone is 4. The molecule has 2 aromatic carbocycles. The monoisotopic (exact) mass is 566 g/mol. The van der Waals surface area contributed by atoms with E-state index in [9.17, 15) is 0 Å². The van der Waals surface area contributed by atoms with Crippen LogP contribution in [0.2, 0.25) is 0 Å². The van der Waals surface area contributed by atoms with Gasteiger partial charge in [0, 0.05) is 6.04 Å². The van der Waals surface area contributed by atoms with Gasteiger partial charge in [0.1, 0.15) is 5.75 Å². The van der Waals surface area contributed by atoms with E-state index in [-0.39, 0.29) is 6.04 Å². The molecule has 0 spiro atoms. The fourth-order valence-corrected chi connectivity index (χ4v) is 5.94. The smallest absolute Gasteiger partial charge is 0.182 e. The molecule has 0 saturated heterocycles. The number of rotatable bonds is 7. The van der Waals surface area contributed by atoms with Crippen molar-refractivity contribution >= 4 is 18.3 Å². The maximum Gasteiger partial charge on any atom is 0.182 e. The molecule has 0 atom stereocenters. The first-order valence-electron chi connectivity index (χ1n) is 15.2. The first-order chi connectivity index (χ1) is 19.5. The van der Waals surface area contributed by atoms with Crippen molar-refractivity contribution in [3.8, 4) is 11.5 Å². The number of methoxy groups -OCH3 is 1. The first-order valence-corrected chi connectivity index (χ1v) is 15.7. The summed E-state index contributed by atoms with van der Waals surface area (Å²) in [5.74, 6) is 3.37. The summed E-state index contributed by atoms with van der Waals surface area (Å²) in [7, 11) is 1.70. The Balaban J connectivity index is 0.000000481. The van der Waals surface area contributed by atoms with Crippen LogP contribution in [0.1, 0.15) is 108 Å². The zero-order valence-electron chi connectivity index (χ0n) is 24.9. The second-order valence-corrected chi connectivity index (χ2v) is 11.4. The topological polar surface area (TPSA) is 65.7 Å². The van der Waals surface area contributed by atoms with Gasteiger partial charge in [-0.25, -0.2) is 0 Å². The molecule has 3 N–H and O–H groups in total. The maximum absolute atomic E-state index is 6.41. The molecule has 5 rings (SSSR count). The summed E-state index contributed by atoms with van der Waals surface area (Å²) < 4.78 is 5.26. The van der Waals surface area contributed by atoms with E-state index in [0.717, 1.165) is 37.4 Å². The number of nitrogens with two attached hydrogens (primary N) is 1. The number of benzene rings is 2. The fourth-order valence-electron chi connectivity index (χ4n) is 5.70. The molecular weight excluding hydrogens is 516 g/mol. The molecule has 0 aromatic heterocycles. The van der Waals surface area contributed by atoms with E-state index in [1.165, 1.54) is 49.7 Å². The van der Waals surface area contributed by atoms with E-state index in [4.69, 9.17) is 20.3 Å². The van der Waals surface area contributed by atoms with Gasteiger partial charge in [-0.15, -0.1) is 12.6 Å². The van der Waals surface area contributed by atoms with Crippen LogP contribution < -0.4 is 20.8 Å². The molecule has 0 heterocycles. The van der Waals surface area contributed by atoms with Crippen molar-refractivity contribution in [3.63, 3.8) is 0 Å². The van der Waals surface area contributed by atoms with Gasteiger partial charge < -0.3 is 15.4 Å². The third-order valence-corrected chi connectivity index (χ3v) is 8.67. The highest BCUT2D eigenvalue weighted by Crippen LogP contribution is 2.42. The molecular formula is C34H50N2O3S. The molecule has 0 unspecified atom stereocenters. The van der Waals surface area contributed by atoms with Crippen molar-refractivity contribution in [3.05, 3.63) is 71.8 Å². The molecule has 2 saturated carbocycles. The SMILES string of the molecule is C1=CCCC=C1.CC.COc1ccc(C2CCC(NOOc3ccc(C4CCC(C)CC4)c(N)c3S)CC2)cc1. The van der Waals surface area contributed by atoms with Crippen LogP contribution in [0.15, 0.2) is 65.6 Å². The van der Waals surface area contributed by atoms with Crippen molar-refractivity contribution in [2.45, 2.75) is 108 Å². The lowest BCUT2D eigenvalue weighted by atomic mass is 9.79. The van der Waals surface area contributed by atoms with Crippen LogP contribution in [0.3, 0.4) is 0 Å². The largest absolute Gasteiger partial charge is 0.497 e. The zero-order valence-corrected chi connectivity index (χ0v) is 25.8. The van der Waals surface area contributed by atoms with Crippen LogP contribution in [-0.2, 0) is 4.99 Å². The molecule has 6 heteroatoms. The lowest BCUT2D eigenvalue weighted by molar-refractivity contribution is -0.269. The van der Waals surface area contributed by atoms with Crippen molar-refractivity contribution in [2.75, 3.05) is 12.8 Å². The Hall–Kier alpha value is -2.41. The zero-order chi connectivity index (χ0) is 28.7. The molecule has 3 aliphatic rings. The van der Waals surface area contributed by atoms with Crippen LogP contribution >= 0.6 is 12.6 Å². The van der Waals surface area contributed by atoms with Crippen molar-refractivity contribution in [2.24, 2.45) is 5.92 Å². The third kappa shape index (κ3) is 9.60. The Labute approximate surface area is 247 Å².